The summed E-state index contributed by atoms with van der Waals surface area (Å²) >= 11 is 0. The molecular weight excluding hydrogens is 1780 g/mol. The number of hydrogen-bond donors (Lipinski definition) is 25. The Morgan fingerprint density at radius 2 is 0.627 bits per heavy atom. The molecule has 0 aromatic carbocycles. The van der Waals surface area contributed by atoms with Gasteiger partial charge in [0.2, 0.25) is 17.7 Å². The van der Waals surface area contributed by atoms with Gasteiger partial charge in [-0.25, -0.2) is 0 Å². The Bertz CT molecular complexity index is 3270. The minimum atomic E-state index is -2.46. The molecule has 8 heterocycles. The van der Waals surface area contributed by atoms with Crippen molar-refractivity contribution in [3.63, 3.8) is 0 Å². The van der Waals surface area contributed by atoms with Gasteiger partial charge in [0.1, 0.15) is 183 Å². The first-order valence-corrected chi connectivity index (χ1v) is 48.7. The SMILES string of the molecule is CCCCCCCCCCCCC/C=C/[C@@H](O)[C@H](CO[C@@H]1OC(CO)[C@@H](O[C@@H]2OC(CO)[C@H](O)[C@H](O[C@@H]3OC(CO)[C@@H](O[C@H]4OC(C)[C@@H](O)C(O)[C@@H]4O)[C@H](O[C@@H]4OC(CO)[C@H](O)[C@H](O[C@@H]5OC(CO)[C@@H](O[C@@H]6OC(CO)[C@H](O)[C@H](O)C6O[C@H]6OC(C)[C@@H](O)C(O)[C@@H]6O)[C@H](O)C5NC(C)=O)C4O)C3NC(C)=O)C2O)[C@H](O)C1O)NC(=O)CCCCCCCCCCCCCCCCCCC. The lowest BCUT2D eigenvalue weighted by atomic mass is 9.93. The summed E-state index contributed by atoms with van der Waals surface area (Å²) in [6.07, 6.45) is -40.3. The average molecular weight is 1940 g/mol. The molecule has 44 heteroatoms. The van der Waals surface area contributed by atoms with Crippen LogP contribution in [0.3, 0.4) is 0 Å². The van der Waals surface area contributed by atoms with Gasteiger partial charge < -0.3 is 204 Å². The summed E-state index contributed by atoms with van der Waals surface area (Å²) in [6.45, 7) is 1.85. The van der Waals surface area contributed by atoms with Crippen LogP contribution in [0.5, 0.6) is 0 Å². The largest absolute Gasteiger partial charge is 0.394 e. The molecule has 0 aliphatic carbocycles. The predicted octanol–water partition coefficient (Wildman–Crippen LogP) is -3.94. The second kappa shape index (κ2) is 59.6. The zero-order chi connectivity index (χ0) is 98.0. The maximum atomic E-state index is 13.7. The first kappa shape index (κ1) is 116. The topological polar surface area (TPSA) is 680 Å². The lowest BCUT2D eigenvalue weighted by molar-refractivity contribution is -0.398. The van der Waals surface area contributed by atoms with Gasteiger partial charge in [-0.05, 0) is 33.1 Å². The molecule has 25 N–H and O–H groups in total. The number of hydrogen-bond acceptors (Lipinski definition) is 41. The number of allylic oxidation sites excluding steroid dienone is 1. The van der Waals surface area contributed by atoms with Crippen molar-refractivity contribution in [2.45, 2.75) is 492 Å². The Labute approximate surface area is 783 Å². The smallest absolute Gasteiger partial charge is 0.220 e. The lowest BCUT2D eigenvalue weighted by Crippen LogP contribution is -2.72. The minimum Gasteiger partial charge on any atom is -0.394 e. The zero-order valence-electron chi connectivity index (χ0n) is 78.2. The highest BCUT2D eigenvalue weighted by molar-refractivity contribution is 5.76. The van der Waals surface area contributed by atoms with E-state index in [0.29, 0.717) is 12.8 Å². The van der Waals surface area contributed by atoms with Crippen molar-refractivity contribution in [1.82, 2.24) is 16.0 Å². The molecule has 8 aliphatic heterocycles. The summed E-state index contributed by atoms with van der Waals surface area (Å²) < 4.78 is 96.9. The third kappa shape index (κ3) is 33.1. The van der Waals surface area contributed by atoms with E-state index in [1.807, 2.05) is 6.08 Å². The van der Waals surface area contributed by atoms with Crippen LogP contribution in [0, 0.1) is 0 Å². The van der Waals surface area contributed by atoms with Gasteiger partial charge in [0.05, 0.1) is 70.6 Å². The maximum Gasteiger partial charge on any atom is 0.220 e. The summed E-state index contributed by atoms with van der Waals surface area (Å²) in [7, 11) is 0. The van der Waals surface area contributed by atoms with E-state index >= 15 is 0 Å². The second-order valence-corrected chi connectivity index (χ2v) is 36.9. The van der Waals surface area contributed by atoms with Crippen molar-refractivity contribution < 1.29 is 203 Å². The van der Waals surface area contributed by atoms with Crippen molar-refractivity contribution in [3.05, 3.63) is 12.2 Å². The van der Waals surface area contributed by atoms with Gasteiger partial charge in [-0.1, -0.05) is 193 Å². The molecule has 8 rings (SSSR count). The second-order valence-electron chi connectivity index (χ2n) is 36.9. The van der Waals surface area contributed by atoms with Crippen LogP contribution >= 0.6 is 0 Å². The molecule has 782 valence electrons. The summed E-state index contributed by atoms with van der Waals surface area (Å²) in [4.78, 5) is 40.6. The van der Waals surface area contributed by atoms with E-state index in [1.54, 1.807) is 6.08 Å². The molecule has 8 saturated heterocycles. The Hall–Kier alpha value is -3.37. The van der Waals surface area contributed by atoms with Crippen LogP contribution in [0.15, 0.2) is 12.2 Å². The van der Waals surface area contributed by atoms with E-state index in [9.17, 15) is 127 Å². The number of aliphatic hydroxyl groups is 22. The summed E-state index contributed by atoms with van der Waals surface area (Å²) in [5.41, 5.74) is 0. The molecule has 8 fully saturated rings. The molecule has 0 aromatic heterocycles. The maximum absolute atomic E-state index is 13.7. The number of amides is 3. The van der Waals surface area contributed by atoms with Crippen molar-refractivity contribution in [2.24, 2.45) is 0 Å². The number of unbranched alkanes of at least 4 members (excludes halogenated alkanes) is 27. The van der Waals surface area contributed by atoms with Crippen LogP contribution in [0.25, 0.3) is 0 Å². The molecule has 8 aliphatic rings. The van der Waals surface area contributed by atoms with Crippen LogP contribution in [0.4, 0.5) is 0 Å². The number of nitrogens with one attached hydrogen (secondary N) is 3. The van der Waals surface area contributed by atoms with E-state index in [2.05, 4.69) is 29.8 Å². The standard InChI is InChI=1S/C90H161N3O41/c1-7-9-11-13-15-17-19-21-22-23-24-26-28-30-32-34-36-38-58(103)93-50(51(102)37-35-33-31-29-27-25-20-18-16-14-12-10-8-2)45-119-85-73(116)70(113)77(56(43-98)127-85)128-88-74(117)81(65(108)53(40-95)122-88)133-84-60(92-49(6)101)79(78(57(44-99)126-84)130-86-71(114)67(110)61(104)46(3)120-86)131-89-75(118)80(64(107)54(41-96)123-89)132-83-59(91-48(5)100)66(109)76(55(42-97)125-83)129-90-82(69(112)63(106)52(39-94)124-90)134-87-72(115)68(111)62(105)47(4)121-87/h35,37,46-47,50-57,59-90,94-99,102,104-118H,7-34,36,38-45H2,1-6H3,(H,91,100)(H,92,101)(H,93,103)/b37-35+/t46?,47?,50-,51+,52?,53?,54?,55?,56?,57?,59?,60?,61+,62+,63-,64-,65-,66+,67?,68?,69-,70+,71-,72-,73?,74?,75?,76+,77+,78+,79+,80-,81-,82?,83-,84-,85+,86+,87+,88-,89-,90-/m0/s1. The van der Waals surface area contributed by atoms with E-state index < -0.39 is 316 Å². The molecule has 0 spiro atoms. The van der Waals surface area contributed by atoms with E-state index in [4.69, 9.17) is 75.8 Å². The zero-order valence-corrected chi connectivity index (χ0v) is 78.2. The Morgan fingerprint density at radius 1 is 0.306 bits per heavy atom. The van der Waals surface area contributed by atoms with Crippen LogP contribution in [-0.4, -0.2) is 434 Å². The van der Waals surface area contributed by atoms with Gasteiger partial charge >= 0.3 is 0 Å². The van der Waals surface area contributed by atoms with E-state index in [0.717, 1.165) is 71.6 Å². The molecule has 16 unspecified atom stereocenters. The van der Waals surface area contributed by atoms with Gasteiger partial charge in [0.25, 0.3) is 0 Å². The van der Waals surface area contributed by atoms with Crippen molar-refractivity contribution >= 4 is 17.7 Å². The third-order valence-electron chi connectivity index (χ3n) is 26.4. The van der Waals surface area contributed by atoms with Crippen LogP contribution < -0.4 is 16.0 Å². The highest BCUT2D eigenvalue weighted by Gasteiger charge is 2.61. The third-order valence-corrected chi connectivity index (χ3v) is 26.4. The Balaban J connectivity index is 0.984. The normalized spacial score (nSPS) is 40.0. The van der Waals surface area contributed by atoms with E-state index in [1.165, 1.54) is 129 Å². The summed E-state index contributed by atoms with van der Waals surface area (Å²) in [5, 5.41) is 257. The van der Waals surface area contributed by atoms with Crippen molar-refractivity contribution in [1.29, 1.82) is 0 Å². The number of aliphatic hydroxyl groups excluding tert-OH is 22. The molecular formula is C90H161N3O41. The summed E-state index contributed by atoms with van der Waals surface area (Å²) in [5.74, 6) is -2.29. The summed E-state index contributed by atoms with van der Waals surface area (Å²) in [6, 6.07) is -5.09. The molecule has 0 bridgehead atoms. The fraction of sp³-hybridized carbons (Fsp3) is 0.944. The highest BCUT2D eigenvalue weighted by Crippen LogP contribution is 2.41. The van der Waals surface area contributed by atoms with Gasteiger partial charge in [-0.15, -0.1) is 0 Å². The number of rotatable bonds is 58. The van der Waals surface area contributed by atoms with Crippen LogP contribution in [-0.2, 0) is 90.2 Å². The Morgan fingerprint density at radius 3 is 1.07 bits per heavy atom. The van der Waals surface area contributed by atoms with E-state index in [-0.39, 0.29) is 12.3 Å². The number of carbonyl (C=O) groups is 3. The first-order valence-electron chi connectivity index (χ1n) is 48.7. The predicted molar refractivity (Wildman–Crippen MR) is 465 cm³/mol. The van der Waals surface area contributed by atoms with Crippen molar-refractivity contribution in [3.8, 4) is 0 Å². The fourth-order valence-electron chi connectivity index (χ4n) is 18.3. The molecule has 42 atom stereocenters. The lowest BCUT2D eigenvalue weighted by Gasteiger charge is -2.52. The van der Waals surface area contributed by atoms with Gasteiger partial charge in [-0.3, -0.25) is 14.4 Å². The molecule has 3 amide bonds. The number of ether oxygens (including phenoxy) is 16. The molecule has 44 nitrogen and oxygen atoms in total. The van der Waals surface area contributed by atoms with Crippen LogP contribution in [0.2, 0.25) is 0 Å². The van der Waals surface area contributed by atoms with Gasteiger partial charge in [-0.2, -0.15) is 0 Å². The average Bonchev–Trinajstić information content (AvgIpc) is 0.755. The van der Waals surface area contributed by atoms with Gasteiger partial charge in [0, 0.05) is 20.3 Å². The first-order chi connectivity index (χ1) is 64.2. The molecule has 0 aromatic rings. The minimum absolute atomic E-state index is 0.141. The quantitative estimate of drug-likeness (QED) is 0.0204. The number of carbonyl (C=O) groups excluding carboxylic acids is 3. The molecule has 0 saturated carbocycles. The Kier molecular flexibility index (Phi) is 51.6. The van der Waals surface area contributed by atoms with Crippen molar-refractivity contribution in [2.75, 3.05) is 46.2 Å². The molecule has 0 radical (unpaired) electrons. The monoisotopic (exact) mass is 1940 g/mol. The van der Waals surface area contributed by atoms with Gasteiger partial charge in [0.15, 0.2) is 50.3 Å². The highest BCUT2D eigenvalue weighted by atomic mass is 16.8. The van der Waals surface area contributed by atoms with Crippen LogP contribution in [0.1, 0.15) is 234 Å². The fourth-order valence-corrected chi connectivity index (χ4v) is 18.3. The molecule has 134 heavy (non-hydrogen) atoms.